The third kappa shape index (κ3) is 5.08. The minimum atomic E-state index is -0.190. The van der Waals surface area contributed by atoms with Crippen molar-refractivity contribution in [3.05, 3.63) is 42.5 Å². The molecule has 0 atom stereocenters. The molecule has 2 N–H and O–H groups in total. The number of rotatable bonds is 5. The Kier molecular flexibility index (Phi) is 6.77. The molecular formula is C19H26N4O3. The van der Waals surface area contributed by atoms with Crippen LogP contribution in [0.5, 0.6) is 0 Å². The highest BCUT2D eigenvalue weighted by atomic mass is 16.2. The Morgan fingerprint density at radius 2 is 1.81 bits per heavy atom. The number of likely N-dealkylation sites (tertiary alicyclic amines) is 1. The van der Waals surface area contributed by atoms with E-state index in [-0.39, 0.29) is 23.8 Å². The van der Waals surface area contributed by atoms with Gasteiger partial charge in [-0.15, -0.1) is 6.58 Å². The molecule has 1 aliphatic rings. The summed E-state index contributed by atoms with van der Waals surface area (Å²) in [6.45, 7) is 5.07. The number of piperidine rings is 1. The van der Waals surface area contributed by atoms with Crippen molar-refractivity contribution in [1.29, 1.82) is 0 Å². The van der Waals surface area contributed by atoms with Gasteiger partial charge in [-0.05, 0) is 37.1 Å². The van der Waals surface area contributed by atoms with Gasteiger partial charge in [0.2, 0.25) is 5.91 Å². The van der Waals surface area contributed by atoms with Crippen LogP contribution in [-0.4, -0.2) is 61.4 Å². The molecule has 0 aromatic heterocycles. The van der Waals surface area contributed by atoms with Crippen molar-refractivity contribution in [2.45, 2.75) is 12.8 Å². The molecule has 0 saturated carbocycles. The minimum Gasteiger partial charge on any atom is -0.349 e. The largest absolute Gasteiger partial charge is 0.349 e. The van der Waals surface area contributed by atoms with E-state index in [4.69, 9.17) is 0 Å². The lowest BCUT2D eigenvalue weighted by atomic mass is 9.96. The quantitative estimate of drug-likeness (QED) is 0.789. The van der Waals surface area contributed by atoms with Crippen LogP contribution in [-0.2, 0) is 4.79 Å². The molecule has 0 unspecified atom stereocenters. The minimum absolute atomic E-state index is 0.0117. The van der Waals surface area contributed by atoms with E-state index < -0.39 is 0 Å². The molecule has 0 radical (unpaired) electrons. The van der Waals surface area contributed by atoms with Gasteiger partial charge in [-0.3, -0.25) is 9.59 Å². The van der Waals surface area contributed by atoms with Crippen LogP contribution in [0.2, 0.25) is 0 Å². The topological polar surface area (TPSA) is 81.8 Å². The predicted molar refractivity (Wildman–Crippen MR) is 101 cm³/mol. The average Bonchev–Trinajstić information content (AvgIpc) is 2.66. The average molecular weight is 358 g/mol. The molecule has 0 spiro atoms. The number of anilines is 1. The summed E-state index contributed by atoms with van der Waals surface area (Å²) in [6.07, 6.45) is 2.96. The summed E-state index contributed by atoms with van der Waals surface area (Å²) in [7, 11) is 3.51. The maximum absolute atomic E-state index is 12.4. The summed E-state index contributed by atoms with van der Waals surface area (Å²) in [4.78, 5) is 39.5. The highest BCUT2D eigenvalue weighted by Crippen LogP contribution is 2.20. The molecule has 1 fully saturated rings. The number of hydrogen-bond acceptors (Lipinski definition) is 3. The highest BCUT2D eigenvalue weighted by molar-refractivity contribution is 5.95. The third-order valence-electron chi connectivity index (χ3n) is 4.38. The lowest BCUT2D eigenvalue weighted by molar-refractivity contribution is -0.134. The van der Waals surface area contributed by atoms with E-state index in [0.717, 1.165) is 0 Å². The number of benzene rings is 1. The van der Waals surface area contributed by atoms with Gasteiger partial charge in [0.1, 0.15) is 0 Å². The number of urea groups is 1. The lowest BCUT2D eigenvalue weighted by Gasteiger charge is -2.32. The van der Waals surface area contributed by atoms with Crippen LogP contribution in [0.15, 0.2) is 36.9 Å². The predicted octanol–water partition coefficient (Wildman–Crippen LogP) is 1.93. The molecule has 1 aromatic carbocycles. The van der Waals surface area contributed by atoms with Gasteiger partial charge in [0.15, 0.2) is 0 Å². The van der Waals surface area contributed by atoms with E-state index in [1.807, 2.05) is 0 Å². The Balaban J connectivity index is 1.85. The van der Waals surface area contributed by atoms with Crippen LogP contribution in [0.4, 0.5) is 10.5 Å². The number of carbonyl (C=O) groups is 3. The zero-order valence-corrected chi connectivity index (χ0v) is 15.3. The molecule has 140 valence electrons. The van der Waals surface area contributed by atoms with Gasteiger partial charge in [0, 0.05) is 50.9 Å². The first kappa shape index (κ1) is 19.5. The summed E-state index contributed by atoms with van der Waals surface area (Å²) in [5.41, 5.74) is 1.15. The molecule has 1 aliphatic heterocycles. The standard InChI is InChI=1S/C19H26N4O3/c1-4-11-20-17(24)14-5-7-16(8-6-14)21-19(26)23-12-9-15(10-13-23)18(25)22(2)3/h4-8,15H,1,9-13H2,2-3H3,(H,20,24)(H,21,26). The van der Waals surface area contributed by atoms with Crippen molar-refractivity contribution in [1.82, 2.24) is 15.1 Å². The highest BCUT2D eigenvalue weighted by Gasteiger charge is 2.28. The maximum atomic E-state index is 12.4. The molecule has 1 saturated heterocycles. The molecule has 7 heteroatoms. The lowest BCUT2D eigenvalue weighted by Crippen LogP contribution is -2.44. The first-order valence-corrected chi connectivity index (χ1v) is 8.68. The second-order valence-electron chi connectivity index (χ2n) is 6.50. The van der Waals surface area contributed by atoms with Gasteiger partial charge in [0.05, 0.1) is 0 Å². The third-order valence-corrected chi connectivity index (χ3v) is 4.38. The fourth-order valence-corrected chi connectivity index (χ4v) is 2.87. The Bertz CT molecular complexity index is 662. The summed E-state index contributed by atoms with van der Waals surface area (Å²) in [5.74, 6) is -0.0757. The van der Waals surface area contributed by atoms with Crippen molar-refractivity contribution in [2.75, 3.05) is 39.0 Å². The van der Waals surface area contributed by atoms with E-state index in [1.165, 1.54) is 0 Å². The van der Waals surface area contributed by atoms with Crippen molar-refractivity contribution in [3.63, 3.8) is 0 Å². The number of amides is 4. The summed E-state index contributed by atoms with van der Waals surface area (Å²) in [5, 5.41) is 5.53. The monoisotopic (exact) mass is 358 g/mol. The Hall–Kier alpha value is -2.83. The Morgan fingerprint density at radius 1 is 1.19 bits per heavy atom. The smallest absolute Gasteiger partial charge is 0.321 e. The van der Waals surface area contributed by atoms with Gasteiger partial charge >= 0.3 is 6.03 Å². The van der Waals surface area contributed by atoms with Crippen LogP contribution < -0.4 is 10.6 Å². The first-order valence-electron chi connectivity index (χ1n) is 8.68. The molecule has 2 rings (SSSR count). The normalized spacial score (nSPS) is 14.5. The molecule has 0 aliphatic carbocycles. The van der Waals surface area contributed by atoms with Crippen molar-refractivity contribution in [3.8, 4) is 0 Å². The maximum Gasteiger partial charge on any atom is 0.321 e. The van der Waals surface area contributed by atoms with Crippen LogP contribution >= 0.6 is 0 Å². The summed E-state index contributed by atoms with van der Waals surface area (Å²) in [6, 6.07) is 6.53. The molecule has 0 bridgehead atoms. The number of nitrogens with zero attached hydrogens (tertiary/aromatic N) is 2. The zero-order chi connectivity index (χ0) is 19.1. The van der Waals surface area contributed by atoms with Gasteiger partial charge < -0.3 is 20.4 Å². The van der Waals surface area contributed by atoms with Crippen LogP contribution in [0.3, 0.4) is 0 Å². The van der Waals surface area contributed by atoms with E-state index in [9.17, 15) is 14.4 Å². The Morgan fingerprint density at radius 3 is 2.35 bits per heavy atom. The molecule has 1 aromatic rings. The van der Waals surface area contributed by atoms with Crippen molar-refractivity contribution >= 4 is 23.5 Å². The van der Waals surface area contributed by atoms with Gasteiger partial charge in [-0.2, -0.15) is 0 Å². The van der Waals surface area contributed by atoms with Crippen LogP contribution in [0.25, 0.3) is 0 Å². The zero-order valence-electron chi connectivity index (χ0n) is 15.3. The number of hydrogen-bond donors (Lipinski definition) is 2. The molecule has 1 heterocycles. The molecular weight excluding hydrogens is 332 g/mol. The van der Waals surface area contributed by atoms with Gasteiger partial charge in [-0.1, -0.05) is 6.08 Å². The van der Waals surface area contributed by atoms with Crippen LogP contribution in [0.1, 0.15) is 23.2 Å². The van der Waals surface area contributed by atoms with E-state index in [1.54, 1.807) is 54.2 Å². The summed E-state index contributed by atoms with van der Waals surface area (Å²) < 4.78 is 0. The first-order chi connectivity index (χ1) is 12.4. The molecule has 26 heavy (non-hydrogen) atoms. The molecule has 7 nitrogen and oxygen atoms in total. The Labute approximate surface area is 154 Å². The van der Waals surface area contributed by atoms with Gasteiger partial charge in [-0.25, -0.2) is 4.79 Å². The van der Waals surface area contributed by atoms with E-state index in [2.05, 4.69) is 17.2 Å². The fraction of sp³-hybridized carbons (Fsp3) is 0.421. The second-order valence-corrected chi connectivity index (χ2v) is 6.50. The van der Waals surface area contributed by atoms with Crippen LogP contribution in [0, 0.1) is 5.92 Å². The van der Waals surface area contributed by atoms with E-state index >= 15 is 0 Å². The summed E-state index contributed by atoms with van der Waals surface area (Å²) >= 11 is 0. The SMILES string of the molecule is C=CCNC(=O)c1ccc(NC(=O)N2CCC(C(=O)N(C)C)CC2)cc1. The van der Waals surface area contributed by atoms with Crippen molar-refractivity contribution in [2.24, 2.45) is 5.92 Å². The number of nitrogens with one attached hydrogen (secondary N) is 2. The number of carbonyl (C=O) groups excluding carboxylic acids is 3. The van der Waals surface area contributed by atoms with Gasteiger partial charge in [0.25, 0.3) is 5.91 Å². The van der Waals surface area contributed by atoms with Crippen molar-refractivity contribution < 1.29 is 14.4 Å². The fourth-order valence-electron chi connectivity index (χ4n) is 2.87. The molecule has 4 amide bonds. The van der Waals surface area contributed by atoms with E-state index in [0.29, 0.717) is 43.7 Å². The second kappa shape index (κ2) is 9.03.